The van der Waals surface area contributed by atoms with Gasteiger partial charge in [-0.3, -0.25) is 14.4 Å². The van der Waals surface area contributed by atoms with E-state index < -0.39 is 37.9 Å². The third kappa shape index (κ3) is 4.77. The average molecular weight is 438 g/mol. The summed E-state index contributed by atoms with van der Waals surface area (Å²) in [6.07, 6.45) is -1.39. The van der Waals surface area contributed by atoms with Crippen LogP contribution in [0.4, 0.5) is 0 Å². The van der Waals surface area contributed by atoms with E-state index in [1.165, 1.54) is 14.2 Å². The van der Waals surface area contributed by atoms with Gasteiger partial charge in [0.25, 0.3) is 0 Å². The van der Waals surface area contributed by atoms with E-state index >= 15 is 0 Å². The molecule has 0 radical (unpaired) electrons. The van der Waals surface area contributed by atoms with Crippen LogP contribution in [0.1, 0.15) is 33.3 Å². The van der Waals surface area contributed by atoms with Gasteiger partial charge in [-0.05, 0) is 30.6 Å². The molecule has 30 heavy (non-hydrogen) atoms. The van der Waals surface area contributed by atoms with Crippen molar-refractivity contribution in [3.8, 4) is 0 Å². The van der Waals surface area contributed by atoms with Crippen LogP contribution in [-0.2, 0) is 34.9 Å². The van der Waals surface area contributed by atoms with Gasteiger partial charge in [0.1, 0.15) is 6.10 Å². The zero-order chi connectivity index (χ0) is 22.7. The highest BCUT2D eigenvalue weighted by atomic mass is 28.4. The predicted molar refractivity (Wildman–Crippen MR) is 116 cm³/mol. The van der Waals surface area contributed by atoms with Crippen molar-refractivity contribution in [2.75, 3.05) is 20.8 Å². The number of benzene rings is 1. The number of carbonyl (C=O) groups excluding carboxylic acids is 2. The molecular formula is C22H35NO6Si. The summed E-state index contributed by atoms with van der Waals surface area (Å²) in [4.78, 5) is 32.1. The number of hydroxylamine groups is 2. The van der Waals surface area contributed by atoms with Crippen LogP contribution < -0.4 is 0 Å². The van der Waals surface area contributed by atoms with Crippen LogP contribution in [0.25, 0.3) is 0 Å². The molecule has 1 fully saturated rings. The Morgan fingerprint density at radius 3 is 2.17 bits per heavy atom. The summed E-state index contributed by atoms with van der Waals surface area (Å²) in [7, 11) is 0.347. The molecule has 1 aromatic rings. The van der Waals surface area contributed by atoms with E-state index in [-0.39, 0.29) is 11.6 Å². The van der Waals surface area contributed by atoms with Gasteiger partial charge < -0.3 is 13.9 Å². The SMILES string of the molecule is COC(=O)C1(C(=O)OC)CN(Cc2ccccc2)O[C@@H]1[C@H](C)O[Si](C)(C)C(C)(C)C. The number of ether oxygens (including phenoxy) is 2. The molecule has 0 amide bonds. The topological polar surface area (TPSA) is 74.3 Å². The number of esters is 2. The van der Waals surface area contributed by atoms with Gasteiger partial charge in [-0.15, -0.1) is 0 Å². The maximum absolute atomic E-state index is 12.9. The first-order valence-electron chi connectivity index (χ1n) is 10.2. The zero-order valence-corrected chi connectivity index (χ0v) is 20.4. The van der Waals surface area contributed by atoms with Crippen molar-refractivity contribution in [2.45, 2.75) is 64.6 Å². The minimum Gasteiger partial charge on any atom is -0.468 e. The first-order valence-corrected chi connectivity index (χ1v) is 13.1. The fraction of sp³-hybridized carbons (Fsp3) is 0.636. The summed E-state index contributed by atoms with van der Waals surface area (Å²) in [5.74, 6) is -1.36. The second-order valence-corrected chi connectivity index (χ2v) is 14.1. The number of carbonyl (C=O) groups is 2. The van der Waals surface area contributed by atoms with Gasteiger partial charge in [0.15, 0.2) is 8.32 Å². The maximum Gasteiger partial charge on any atom is 0.327 e. The average Bonchev–Trinajstić information content (AvgIpc) is 3.06. The number of methoxy groups -OCH3 is 2. The molecule has 1 aliphatic rings. The standard InChI is InChI=1S/C22H35NO6Si/c1-16(29-30(7,8)21(2,3)4)18-22(19(24)26-5,20(25)27-6)15-23(28-18)14-17-12-10-9-11-13-17/h9-13,16,18H,14-15H2,1-8H3/t16-,18+/m0/s1. The Hall–Kier alpha value is -1.74. The molecule has 2 rings (SSSR count). The summed E-state index contributed by atoms with van der Waals surface area (Å²) in [5, 5.41) is 1.59. The molecule has 8 heteroatoms. The number of rotatable bonds is 7. The molecule has 0 spiro atoms. The van der Waals surface area contributed by atoms with Crippen LogP contribution >= 0.6 is 0 Å². The first kappa shape index (κ1) is 24.5. The van der Waals surface area contributed by atoms with Crippen LogP contribution in [0.15, 0.2) is 30.3 Å². The molecule has 7 nitrogen and oxygen atoms in total. The van der Waals surface area contributed by atoms with Gasteiger partial charge in [0.2, 0.25) is 5.41 Å². The van der Waals surface area contributed by atoms with Gasteiger partial charge in [0.05, 0.1) is 26.9 Å². The van der Waals surface area contributed by atoms with Crippen LogP contribution in [0.2, 0.25) is 18.1 Å². The number of hydrogen-bond donors (Lipinski definition) is 0. The van der Waals surface area contributed by atoms with E-state index in [4.69, 9.17) is 18.7 Å². The highest BCUT2D eigenvalue weighted by Crippen LogP contribution is 2.43. The highest BCUT2D eigenvalue weighted by Gasteiger charge is 2.64. The van der Waals surface area contributed by atoms with E-state index in [1.54, 1.807) is 5.06 Å². The molecule has 2 atom stereocenters. The van der Waals surface area contributed by atoms with Crippen molar-refractivity contribution in [3.63, 3.8) is 0 Å². The Labute approximate surface area is 180 Å². The van der Waals surface area contributed by atoms with Gasteiger partial charge in [0, 0.05) is 6.54 Å². The van der Waals surface area contributed by atoms with Crippen molar-refractivity contribution in [2.24, 2.45) is 5.41 Å². The Balaban J connectivity index is 2.41. The van der Waals surface area contributed by atoms with Crippen molar-refractivity contribution in [3.05, 3.63) is 35.9 Å². The summed E-state index contributed by atoms with van der Waals surface area (Å²) in [6, 6.07) is 9.72. The molecule has 0 unspecified atom stereocenters. The normalized spacial score (nSPS) is 20.6. The van der Waals surface area contributed by atoms with E-state index in [1.807, 2.05) is 37.3 Å². The quantitative estimate of drug-likeness (QED) is 0.367. The predicted octanol–water partition coefficient (Wildman–Crippen LogP) is 3.55. The van der Waals surface area contributed by atoms with Crippen molar-refractivity contribution < 1.29 is 28.3 Å². The highest BCUT2D eigenvalue weighted by molar-refractivity contribution is 6.74. The fourth-order valence-electron chi connectivity index (χ4n) is 3.53. The van der Waals surface area contributed by atoms with Gasteiger partial charge in [-0.1, -0.05) is 51.1 Å². The molecule has 1 saturated heterocycles. The van der Waals surface area contributed by atoms with Crippen molar-refractivity contribution >= 4 is 20.3 Å². The minimum atomic E-state index is -2.19. The lowest BCUT2D eigenvalue weighted by atomic mass is 9.80. The Morgan fingerprint density at radius 2 is 1.70 bits per heavy atom. The lowest BCUT2D eigenvalue weighted by Crippen LogP contribution is -2.56. The Kier molecular flexibility index (Phi) is 7.50. The second-order valence-electron chi connectivity index (χ2n) is 9.35. The molecule has 0 N–H and O–H groups in total. The molecule has 1 aliphatic heterocycles. The molecule has 0 bridgehead atoms. The second kappa shape index (κ2) is 9.17. The fourth-order valence-corrected chi connectivity index (χ4v) is 4.94. The summed E-state index contributed by atoms with van der Waals surface area (Å²) >= 11 is 0. The Morgan fingerprint density at radius 1 is 1.17 bits per heavy atom. The smallest absolute Gasteiger partial charge is 0.327 e. The molecule has 0 aromatic heterocycles. The molecule has 1 aromatic carbocycles. The van der Waals surface area contributed by atoms with E-state index in [2.05, 4.69) is 33.9 Å². The Bertz CT molecular complexity index is 730. The number of hydrogen-bond acceptors (Lipinski definition) is 7. The zero-order valence-electron chi connectivity index (χ0n) is 19.4. The molecule has 1 heterocycles. The molecule has 0 saturated carbocycles. The lowest BCUT2D eigenvalue weighted by molar-refractivity contribution is -0.192. The van der Waals surface area contributed by atoms with Crippen molar-refractivity contribution in [1.29, 1.82) is 0 Å². The lowest BCUT2D eigenvalue weighted by Gasteiger charge is -2.41. The van der Waals surface area contributed by atoms with Crippen LogP contribution in [-0.4, -0.2) is 58.3 Å². The minimum absolute atomic E-state index is 0.0249. The summed E-state index contributed by atoms with van der Waals surface area (Å²) < 4.78 is 16.6. The van der Waals surface area contributed by atoms with Crippen LogP contribution in [0.3, 0.4) is 0 Å². The number of nitrogens with zero attached hydrogens (tertiary/aromatic N) is 1. The summed E-state index contributed by atoms with van der Waals surface area (Å²) in [6.45, 7) is 12.9. The van der Waals surface area contributed by atoms with E-state index in [9.17, 15) is 9.59 Å². The maximum atomic E-state index is 12.9. The first-order chi connectivity index (χ1) is 13.9. The van der Waals surface area contributed by atoms with Crippen LogP contribution in [0, 0.1) is 5.41 Å². The monoisotopic (exact) mass is 437 g/mol. The molecular weight excluding hydrogens is 402 g/mol. The summed E-state index contributed by atoms with van der Waals surface area (Å²) in [5.41, 5.74) is -0.625. The van der Waals surface area contributed by atoms with E-state index in [0.717, 1.165) is 5.56 Å². The van der Waals surface area contributed by atoms with Gasteiger partial charge >= 0.3 is 11.9 Å². The third-order valence-electron chi connectivity index (χ3n) is 6.19. The van der Waals surface area contributed by atoms with E-state index in [0.29, 0.717) is 6.54 Å². The van der Waals surface area contributed by atoms with Gasteiger partial charge in [-0.25, -0.2) is 0 Å². The third-order valence-corrected chi connectivity index (χ3v) is 10.8. The molecule has 168 valence electrons. The van der Waals surface area contributed by atoms with Gasteiger partial charge in [-0.2, -0.15) is 5.06 Å². The van der Waals surface area contributed by atoms with Crippen LogP contribution in [0.5, 0.6) is 0 Å². The molecule has 0 aliphatic carbocycles. The largest absolute Gasteiger partial charge is 0.468 e. The van der Waals surface area contributed by atoms with Crippen molar-refractivity contribution in [1.82, 2.24) is 5.06 Å².